The average molecular weight is 273 g/mol. The zero-order valence-corrected chi connectivity index (χ0v) is 11.1. The Balaban J connectivity index is 1.73. The summed E-state index contributed by atoms with van der Waals surface area (Å²) in [5, 5.41) is 14.4. The lowest BCUT2D eigenvalue weighted by Gasteiger charge is -2.28. The first-order chi connectivity index (χ1) is 9.63. The number of nitrogens with one attached hydrogen (secondary N) is 1. The number of hydrogen-bond acceptors (Lipinski definition) is 5. The fourth-order valence-corrected chi connectivity index (χ4v) is 2.98. The maximum atomic E-state index is 11.1. The van der Waals surface area contributed by atoms with Crippen LogP contribution in [-0.2, 0) is 4.74 Å². The summed E-state index contributed by atoms with van der Waals surface area (Å²) in [6.07, 6.45) is 0.946. The third kappa shape index (κ3) is 2.64. The molecule has 20 heavy (non-hydrogen) atoms. The molecule has 2 atom stereocenters. The van der Waals surface area contributed by atoms with E-state index < -0.39 is 4.92 Å². The molecular weight excluding hydrogens is 257 g/mol. The fourth-order valence-electron chi connectivity index (χ4n) is 2.98. The van der Waals surface area contributed by atoms with Gasteiger partial charge in [0, 0.05) is 31.2 Å². The molecule has 2 aliphatic rings. The molecule has 0 aliphatic carbocycles. The van der Waals surface area contributed by atoms with E-state index in [1.165, 1.54) is 6.07 Å². The maximum absolute atomic E-state index is 11.1. The van der Waals surface area contributed by atoms with Crippen LogP contribution in [0.1, 0.15) is 6.42 Å². The van der Waals surface area contributed by atoms with Gasteiger partial charge in [-0.1, -0.05) is 11.5 Å². The molecule has 0 amide bonds. The molecule has 3 rings (SSSR count). The lowest BCUT2D eigenvalue weighted by Crippen LogP contribution is -2.40. The topological polar surface area (TPSA) is 67.6 Å². The van der Waals surface area contributed by atoms with Gasteiger partial charge in [0.15, 0.2) is 0 Å². The average Bonchev–Trinajstić information content (AvgIpc) is 2.82. The summed E-state index contributed by atoms with van der Waals surface area (Å²) in [5.41, 5.74) is 0.973. The van der Waals surface area contributed by atoms with Gasteiger partial charge in [-0.25, -0.2) is 0 Å². The maximum Gasteiger partial charge on any atom is 0.291 e. The summed E-state index contributed by atoms with van der Waals surface area (Å²) in [6, 6.07) is 5.40. The van der Waals surface area contributed by atoms with Crippen LogP contribution in [0.4, 0.5) is 11.4 Å². The molecular formula is C13H16BN3O3. The third-order valence-electron chi connectivity index (χ3n) is 3.94. The molecule has 7 heteroatoms. The highest BCUT2D eigenvalue weighted by atomic mass is 16.6. The molecule has 0 aromatic heterocycles. The van der Waals surface area contributed by atoms with E-state index in [9.17, 15) is 10.1 Å². The number of fused-ring (bicyclic) bond motifs is 1. The van der Waals surface area contributed by atoms with Gasteiger partial charge >= 0.3 is 0 Å². The normalized spacial score (nSPS) is 26.2. The monoisotopic (exact) mass is 273 g/mol. The number of rotatable bonds is 3. The number of benzene rings is 1. The van der Waals surface area contributed by atoms with Crippen molar-refractivity contribution in [2.75, 3.05) is 31.6 Å². The zero-order valence-electron chi connectivity index (χ0n) is 11.1. The Bertz CT molecular complexity index is 512. The molecule has 2 heterocycles. The predicted octanol–water partition coefficient (Wildman–Crippen LogP) is 0.274. The van der Waals surface area contributed by atoms with Crippen molar-refractivity contribution < 1.29 is 9.66 Å². The minimum atomic E-state index is -0.399. The molecule has 1 N–H and O–H groups in total. The van der Waals surface area contributed by atoms with Gasteiger partial charge in [0.1, 0.15) is 13.5 Å². The van der Waals surface area contributed by atoms with Gasteiger partial charge < -0.3 is 10.1 Å². The highest BCUT2D eigenvalue weighted by Gasteiger charge is 2.34. The van der Waals surface area contributed by atoms with E-state index in [2.05, 4.69) is 10.2 Å². The highest BCUT2D eigenvalue weighted by molar-refractivity contribution is 6.32. The van der Waals surface area contributed by atoms with Gasteiger partial charge in [-0.3, -0.25) is 15.0 Å². The molecule has 1 aromatic carbocycles. The largest absolute Gasteiger partial charge is 0.378 e. The van der Waals surface area contributed by atoms with Crippen LogP contribution in [0.25, 0.3) is 0 Å². The van der Waals surface area contributed by atoms with Crippen molar-refractivity contribution in [2.45, 2.75) is 18.5 Å². The van der Waals surface area contributed by atoms with Crippen LogP contribution in [-0.4, -0.2) is 56.1 Å². The van der Waals surface area contributed by atoms with Crippen molar-refractivity contribution in [1.82, 2.24) is 4.90 Å². The van der Waals surface area contributed by atoms with Crippen LogP contribution in [0.3, 0.4) is 0 Å². The van der Waals surface area contributed by atoms with Crippen molar-refractivity contribution in [3.05, 3.63) is 28.3 Å². The number of nitrogens with zero attached hydrogens (tertiary/aromatic N) is 2. The second-order valence-electron chi connectivity index (χ2n) is 5.33. The Morgan fingerprint density at radius 1 is 1.50 bits per heavy atom. The van der Waals surface area contributed by atoms with Crippen molar-refractivity contribution >= 4 is 24.7 Å². The highest BCUT2D eigenvalue weighted by Crippen LogP contribution is 2.28. The van der Waals surface area contributed by atoms with Crippen LogP contribution in [0.2, 0.25) is 0 Å². The second kappa shape index (κ2) is 5.42. The van der Waals surface area contributed by atoms with Gasteiger partial charge in [-0.2, -0.15) is 0 Å². The number of ether oxygens (including phenoxy) is 1. The molecule has 1 aromatic rings. The van der Waals surface area contributed by atoms with E-state index in [0.717, 1.165) is 32.7 Å². The summed E-state index contributed by atoms with van der Waals surface area (Å²) in [4.78, 5) is 13.1. The van der Waals surface area contributed by atoms with Crippen LogP contribution in [0, 0.1) is 10.1 Å². The Morgan fingerprint density at radius 2 is 2.35 bits per heavy atom. The van der Waals surface area contributed by atoms with Gasteiger partial charge in [0.25, 0.3) is 5.69 Å². The first-order valence-electron chi connectivity index (χ1n) is 6.76. The summed E-state index contributed by atoms with van der Waals surface area (Å²) >= 11 is 0. The Kier molecular flexibility index (Phi) is 3.63. The Hall–Kier alpha value is -1.60. The minimum Gasteiger partial charge on any atom is -0.378 e. The Morgan fingerprint density at radius 3 is 3.10 bits per heavy atom. The summed E-state index contributed by atoms with van der Waals surface area (Å²) < 4.78 is 5.47. The van der Waals surface area contributed by atoms with E-state index in [1.807, 2.05) is 0 Å². The number of morpholine rings is 1. The molecule has 104 valence electrons. The SMILES string of the molecule is [B]c1ccc(NC2CC3COCCN3C2)c([N+](=O)[O-])c1. The van der Waals surface area contributed by atoms with E-state index in [1.54, 1.807) is 12.1 Å². The fraction of sp³-hybridized carbons (Fsp3) is 0.538. The van der Waals surface area contributed by atoms with Gasteiger partial charge in [0.2, 0.25) is 0 Å². The molecule has 0 bridgehead atoms. The first kappa shape index (κ1) is 13.4. The van der Waals surface area contributed by atoms with Gasteiger partial charge in [-0.05, 0) is 12.5 Å². The second-order valence-corrected chi connectivity index (χ2v) is 5.33. The number of anilines is 1. The zero-order chi connectivity index (χ0) is 14.1. The molecule has 2 saturated heterocycles. The van der Waals surface area contributed by atoms with Crippen molar-refractivity contribution in [1.29, 1.82) is 0 Å². The molecule has 0 spiro atoms. The molecule has 2 unspecified atom stereocenters. The molecule has 2 aliphatic heterocycles. The molecule has 0 saturated carbocycles. The van der Waals surface area contributed by atoms with Crippen molar-refractivity contribution in [2.24, 2.45) is 0 Å². The van der Waals surface area contributed by atoms with E-state index in [4.69, 9.17) is 12.6 Å². The van der Waals surface area contributed by atoms with Crippen LogP contribution in [0.15, 0.2) is 18.2 Å². The quantitative estimate of drug-likeness (QED) is 0.486. The minimum absolute atomic E-state index is 0.0334. The third-order valence-corrected chi connectivity index (χ3v) is 3.94. The first-order valence-corrected chi connectivity index (χ1v) is 6.76. The predicted molar refractivity (Wildman–Crippen MR) is 76.7 cm³/mol. The standard InChI is InChI=1S/C13H16BN3O3/c14-9-1-2-12(13(5-9)17(18)19)15-10-6-11-8-20-4-3-16(11)7-10/h1-2,5,10-11,15H,3-4,6-8H2. The van der Waals surface area contributed by atoms with Gasteiger partial charge in [0.05, 0.1) is 18.1 Å². The Labute approximate surface area is 118 Å². The van der Waals surface area contributed by atoms with E-state index in [-0.39, 0.29) is 11.7 Å². The van der Waals surface area contributed by atoms with Crippen LogP contribution < -0.4 is 10.8 Å². The number of hydrogen-bond donors (Lipinski definition) is 1. The summed E-state index contributed by atoms with van der Waals surface area (Å²) in [5.74, 6) is 0. The number of nitro benzene ring substituents is 1. The van der Waals surface area contributed by atoms with Gasteiger partial charge in [-0.15, -0.1) is 0 Å². The summed E-state index contributed by atoms with van der Waals surface area (Å²) in [6.45, 7) is 3.36. The lowest BCUT2D eigenvalue weighted by molar-refractivity contribution is -0.383. The molecule has 6 nitrogen and oxygen atoms in total. The van der Waals surface area contributed by atoms with Crippen LogP contribution in [0.5, 0.6) is 0 Å². The van der Waals surface area contributed by atoms with E-state index in [0.29, 0.717) is 17.2 Å². The summed E-state index contributed by atoms with van der Waals surface area (Å²) in [7, 11) is 5.61. The van der Waals surface area contributed by atoms with Crippen LogP contribution >= 0.6 is 0 Å². The van der Waals surface area contributed by atoms with E-state index >= 15 is 0 Å². The molecule has 2 fully saturated rings. The van der Waals surface area contributed by atoms with Crippen molar-refractivity contribution in [3.8, 4) is 0 Å². The van der Waals surface area contributed by atoms with Crippen molar-refractivity contribution in [3.63, 3.8) is 0 Å². The smallest absolute Gasteiger partial charge is 0.291 e. The lowest BCUT2D eigenvalue weighted by atomic mass is 9.95. The number of nitro groups is 1. The molecule has 2 radical (unpaired) electrons.